The van der Waals surface area contributed by atoms with Gasteiger partial charge >= 0.3 is 0 Å². The summed E-state index contributed by atoms with van der Waals surface area (Å²) in [5, 5.41) is 2.72. The van der Waals surface area contributed by atoms with Gasteiger partial charge in [-0.25, -0.2) is 0 Å². The van der Waals surface area contributed by atoms with E-state index in [1.54, 1.807) is 0 Å². The maximum atomic E-state index is 2.43. The summed E-state index contributed by atoms with van der Waals surface area (Å²) in [5.74, 6) is 1.91. The Morgan fingerprint density at radius 1 is 0.514 bits per heavy atom. The lowest BCUT2D eigenvalue weighted by atomic mass is 10.0. The van der Waals surface area contributed by atoms with E-state index < -0.39 is 0 Å². The van der Waals surface area contributed by atoms with Crippen molar-refractivity contribution in [1.29, 1.82) is 0 Å². The number of hydrogen-bond acceptors (Lipinski definition) is 3. The largest absolute Gasteiger partial charge is 0.134 e. The minimum atomic E-state index is 0.954. The summed E-state index contributed by atoms with van der Waals surface area (Å²) in [4.78, 5) is 2.80. The Morgan fingerprint density at radius 3 is 1.71 bits per heavy atom. The second-order valence-electron chi connectivity index (χ2n) is 8.47. The van der Waals surface area contributed by atoms with Crippen LogP contribution in [0.25, 0.3) is 31.3 Å². The van der Waals surface area contributed by atoms with Gasteiger partial charge in [0.2, 0.25) is 0 Å². The van der Waals surface area contributed by atoms with Gasteiger partial charge in [-0.1, -0.05) is 109 Å². The first-order chi connectivity index (χ1) is 17.4. The molecule has 0 spiro atoms. The number of thioether (sulfide) groups is 2. The smallest absolute Gasteiger partial charge is 0.0503 e. The van der Waals surface area contributed by atoms with Crippen LogP contribution in [0.1, 0.15) is 11.1 Å². The number of hydrogen-bond donors (Lipinski definition) is 0. The van der Waals surface area contributed by atoms with Gasteiger partial charge in [-0.3, -0.25) is 0 Å². The highest BCUT2D eigenvalue weighted by atomic mass is 32.2. The highest BCUT2D eigenvalue weighted by Crippen LogP contribution is 2.49. The van der Waals surface area contributed by atoms with Gasteiger partial charge in [0, 0.05) is 36.8 Å². The SMILES string of the molecule is c1ccc(CSc2c(-c3ccccc3)cc3c(sc4ccccc43)c2SCc2ccccc2)cc1. The lowest BCUT2D eigenvalue weighted by Gasteiger charge is -2.17. The molecule has 0 saturated heterocycles. The first kappa shape index (κ1) is 22.5. The molecule has 0 aliphatic rings. The molecular formula is C32H24S3. The predicted molar refractivity (Wildman–Crippen MR) is 157 cm³/mol. The molecule has 35 heavy (non-hydrogen) atoms. The van der Waals surface area contributed by atoms with Crippen molar-refractivity contribution in [2.75, 3.05) is 0 Å². The van der Waals surface area contributed by atoms with Crippen LogP contribution in [0, 0.1) is 0 Å². The van der Waals surface area contributed by atoms with Crippen molar-refractivity contribution in [3.8, 4) is 11.1 Å². The molecule has 1 aromatic heterocycles. The molecule has 0 aliphatic heterocycles. The van der Waals surface area contributed by atoms with Crippen LogP contribution in [0.15, 0.2) is 131 Å². The Hall–Kier alpha value is -2.98. The van der Waals surface area contributed by atoms with E-state index in [9.17, 15) is 0 Å². The summed E-state index contributed by atoms with van der Waals surface area (Å²) in [6, 6.07) is 43.8. The molecule has 170 valence electrons. The van der Waals surface area contributed by atoms with Crippen LogP contribution < -0.4 is 0 Å². The molecule has 6 aromatic rings. The van der Waals surface area contributed by atoms with E-state index in [2.05, 4.69) is 121 Å². The van der Waals surface area contributed by atoms with E-state index >= 15 is 0 Å². The Balaban J connectivity index is 1.55. The van der Waals surface area contributed by atoms with Gasteiger partial charge in [0.25, 0.3) is 0 Å². The minimum absolute atomic E-state index is 0.954. The summed E-state index contributed by atoms with van der Waals surface area (Å²) in [5.41, 5.74) is 5.32. The monoisotopic (exact) mass is 504 g/mol. The molecule has 0 fully saturated rings. The maximum absolute atomic E-state index is 2.43. The molecule has 0 aliphatic carbocycles. The number of fused-ring (bicyclic) bond motifs is 3. The van der Waals surface area contributed by atoms with Crippen molar-refractivity contribution in [2.24, 2.45) is 0 Å². The van der Waals surface area contributed by atoms with Crippen LogP contribution in [-0.2, 0) is 11.5 Å². The lowest BCUT2D eigenvalue weighted by Crippen LogP contribution is -1.90. The zero-order chi connectivity index (χ0) is 23.5. The number of thiophene rings is 1. The molecule has 0 saturated carbocycles. The van der Waals surface area contributed by atoms with Gasteiger partial charge in [-0.05, 0) is 34.4 Å². The van der Waals surface area contributed by atoms with Gasteiger partial charge < -0.3 is 0 Å². The summed E-state index contributed by atoms with van der Waals surface area (Å²) in [7, 11) is 0. The second-order valence-corrected chi connectivity index (χ2v) is 11.5. The molecule has 0 atom stereocenters. The van der Waals surface area contributed by atoms with E-state index in [0.29, 0.717) is 0 Å². The predicted octanol–water partition coefficient (Wildman–Crippen LogP) is 10.3. The van der Waals surface area contributed by atoms with Crippen molar-refractivity contribution >= 4 is 55.0 Å². The zero-order valence-electron chi connectivity index (χ0n) is 19.2. The molecule has 3 heteroatoms. The van der Waals surface area contributed by atoms with Crippen LogP contribution in [-0.4, -0.2) is 0 Å². The average Bonchev–Trinajstić information content (AvgIpc) is 3.30. The topological polar surface area (TPSA) is 0 Å². The fourth-order valence-electron chi connectivity index (χ4n) is 4.38. The first-order valence-corrected chi connectivity index (χ1v) is 14.5. The number of benzene rings is 5. The van der Waals surface area contributed by atoms with Crippen LogP contribution in [0.5, 0.6) is 0 Å². The molecule has 0 N–H and O–H groups in total. The van der Waals surface area contributed by atoms with Gasteiger partial charge in [-0.2, -0.15) is 0 Å². The Morgan fingerprint density at radius 2 is 1.06 bits per heavy atom. The molecule has 5 aromatic carbocycles. The molecule has 0 bridgehead atoms. The van der Waals surface area contributed by atoms with E-state index in [4.69, 9.17) is 0 Å². The quantitative estimate of drug-likeness (QED) is 0.198. The Kier molecular flexibility index (Phi) is 6.64. The van der Waals surface area contributed by atoms with E-state index in [-0.39, 0.29) is 0 Å². The van der Waals surface area contributed by atoms with E-state index in [0.717, 1.165) is 11.5 Å². The van der Waals surface area contributed by atoms with Crippen LogP contribution in [0.4, 0.5) is 0 Å². The van der Waals surface area contributed by atoms with E-state index in [1.165, 1.54) is 52.2 Å². The number of rotatable bonds is 7. The van der Waals surface area contributed by atoms with E-state index in [1.807, 2.05) is 34.9 Å². The fraction of sp³-hybridized carbons (Fsp3) is 0.0625. The standard InChI is InChI=1S/C32H24S3/c1-4-12-23(13-5-1)21-33-30-27(25-16-8-3-9-17-25)20-28-26-18-10-11-19-29(26)35-31(28)32(30)34-22-24-14-6-2-7-15-24/h1-20H,21-22H2. The van der Waals surface area contributed by atoms with Gasteiger partial charge in [0.1, 0.15) is 0 Å². The van der Waals surface area contributed by atoms with Gasteiger partial charge in [0.15, 0.2) is 0 Å². The molecule has 0 nitrogen and oxygen atoms in total. The third kappa shape index (κ3) is 4.77. The zero-order valence-corrected chi connectivity index (χ0v) is 21.6. The van der Waals surface area contributed by atoms with Crippen LogP contribution >= 0.6 is 34.9 Å². The van der Waals surface area contributed by atoms with Crippen LogP contribution in [0.2, 0.25) is 0 Å². The van der Waals surface area contributed by atoms with Crippen molar-refractivity contribution in [3.63, 3.8) is 0 Å². The summed E-state index contributed by atoms with van der Waals surface area (Å²) < 4.78 is 2.76. The summed E-state index contributed by atoms with van der Waals surface area (Å²) in [6.07, 6.45) is 0. The summed E-state index contributed by atoms with van der Waals surface area (Å²) in [6.45, 7) is 0. The third-order valence-corrected chi connectivity index (χ3v) is 9.94. The third-order valence-electron chi connectivity index (χ3n) is 6.12. The normalized spacial score (nSPS) is 11.3. The average molecular weight is 505 g/mol. The second kappa shape index (κ2) is 10.3. The van der Waals surface area contributed by atoms with Crippen LogP contribution in [0.3, 0.4) is 0 Å². The van der Waals surface area contributed by atoms with Crippen molar-refractivity contribution < 1.29 is 0 Å². The molecule has 0 unspecified atom stereocenters. The van der Waals surface area contributed by atoms with Gasteiger partial charge in [0.05, 0.1) is 4.70 Å². The Bertz CT molecular complexity index is 1570. The maximum Gasteiger partial charge on any atom is 0.0503 e. The minimum Gasteiger partial charge on any atom is -0.134 e. The Labute approximate surface area is 219 Å². The molecule has 0 radical (unpaired) electrons. The molecule has 6 rings (SSSR count). The highest BCUT2D eigenvalue weighted by molar-refractivity contribution is 8.01. The summed E-state index contributed by atoms with van der Waals surface area (Å²) >= 11 is 5.87. The van der Waals surface area contributed by atoms with Gasteiger partial charge in [-0.15, -0.1) is 34.9 Å². The first-order valence-electron chi connectivity index (χ1n) is 11.7. The lowest BCUT2D eigenvalue weighted by molar-refractivity contribution is 1.28. The highest BCUT2D eigenvalue weighted by Gasteiger charge is 2.19. The van der Waals surface area contributed by atoms with Crippen molar-refractivity contribution in [1.82, 2.24) is 0 Å². The van der Waals surface area contributed by atoms with Crippen molar-refractivity contribution in [3.05, 3.63) is 132 Å². The molecule has 0 amide bonds. The fourth-order valence-corrected chi connectivity index (χ4v) is 8.28. The molecule has 1 heterocycles. The molecular weight excluding hydrogens is 481 g/mol. The van der Waals surface area contributed by atoms with Crippen molar-refractivity contribution in [2.45, 2.75) is 21.3 Å².